The molecule has 0 aliphatic rings. The summed E-state index contributed by atoms with van der Waals surface area (Å²) in [6.45, 7) is 3.39. The predicted octanol–water partition coefficient (Wildman–Crippen LogP) is 1.68. The van der Waals surface area contributed by atoms with Crippen LogP contribution in [0.4, 0.5) is 5.69 Å². The molecule has 0 aromatic heterocycles. The van der Waals surface area contributed by atoms with Crippen molar-refractivity contribution < 1.29 is 19.8 Å². The van der Waals surface area contributed by atoms with Gasteiger partial charge in [0.05, 0.1) is 11.3 Å². The van der Waals surface area contributed by atoms with Gasteiger partial charge in [-0.05, 0) is 12.1 Å². The molecule has 5 heteroatoms. The molecule has 0 fully saturated rings. The Hall–Kier alpha value is -2.04. The van der Waals surface area contributed by atoms with Gasteiger partial charge < -0.3 is 15.5 Å². The molecule has 0 heterocycles. The number of aromatic carboxylic acids is 1. The summed E-state index contributed by atoms with van der Waals surface area (Å²) in [4.78, 5) is 22.3. The summed E-state index contributed by atoms with van der Waals surface area (Å²) in [5, 5.41) is 20.6. The number of rotatable bonds is 3. The molecule has 0 bridgehead atoms. The van der Waals surface area contributed by atoms with Gasteiger partial charge in [0, 0.05) is 12.0 Å². The van der Waals surface area contributed by atoms with E-state index in [9.17, 15) is 14.7 Å². The normalized spacial score (nSPS) is 10.2. The first-order chi connectivity index (χ1) is 7.41. The van der Waals surface area contributed by atoms with Crippen molar-refractivity contribution in [3.05, 3.63) is 23.8 Å². The van der Waals surface area contributed by atoms with Crippen molar-refractivity contribution in [3.63, 3.8) is 0 Å². The van der Waals surface area contributed by atoms with Crippen molar-refractivity contribution in [2.75, 3.05) is 5.32 Å². The van der Waals surface area contributed by atoms with Crippen LogP contribution in [0, 0.1) is 5.92 Å². The summed E-state index contributed by atoms with van der Waals surface area (Å²) in [6, 6.07) is 3.71. The summed E-state index contributed by atoms with van der Waals surface area (Å²) in [7, 11) is 0. The second-order valence-electron chi connectivity index (χ2n) is 3.68. The van der Waals surface area contributed by atoms with E-state index in [1.165, 1.54) is 18.2 Å². The van der Waals surface area contributed by atoms with Gasteiger partial charge in [-0.1, -0.05) is 13.8 Å². The maximum atomic E-state index is 11.4. The fourth-order valence-corrected chi connectivity index (χ4v) is 1.10. The number of anilines is 1. The number of benzene rings is 1. The molecule has 5 nitrogen and oxygen atoms in total. The van der Waals surface area contributed by atoms with Crippen molar-refractivity contribution in [1.82, 2.24) is 0 Å². The molecule has 1 aromatic carbocycles. The van der Waals surface area contributed by atoms with E-state index < -0.39 is 5.97 Å². The summed E-state index contributed by atoms with van der Waals surface area (Å²) < 4.78 is 0. The fourth-order valence-electron chi connectivity index (χ4n) is 1.10. The molecular formula is C11H13NO4. The number of amides is 1. The maximum absolute atomic E-state index is 11.4. The van der Waals surface area contributed by atoms with Gasteiger partial charge in [-0.25, -0.2) is 4.79 Å². The highest BCUT2D eigenvalue weighted by molar-refractivity contribution is 6.01. The Bertz CT molecular complexity index is 426. The first-order valence-corrected chi connectivity index (χ1v) is 4.79. The van der Waals surface area contributed by atoms with Gasteiger partial charge in [0.25, 0.3) is 0 Å². The number of hydrogen-bond acceptors (Lipinski definition) is 3. The lowest BCUT2D eigenvalue weighted by Crippen LogP contribution is -2.19. The molecule has 0 atom stereocenters. The minimum atomic E-state index is -1.15. The van der Waals surface area contributed by atoms with E-state index in [1.54, 1.807) is 13.8 Å². The predicted molar refractivity (Wildman–Crippen MR) is 58.5 cm³/mol. The molecule has 1 rings (SSSR count). The molecule has 0 saturated carbocycles. The van der Waals surface area contributed by atoms with Crippen LogP contribution in [0.1, 0.15) is 24.2 Å². The minimum Gasteiger partial charge on any atom is -0.508 e. The highest BCUT2D eigenvalue weighted by Gasteiger charge is 2.14. The summed E-state index contributed by atoms with van der Waals surface area (Å²) in [5.41, 5.74) is 0.0537. The number of carbonyl (C=O) groups is 2. The topological polar surface area (TPSA) is 86.6 Å². The van der Waals surface area contributed by atoms with E-state index in [4.69, 9.17) is 5.11 Å². The second-order valence-corrected chi connectivity index (χ2v) is 3.68. The first kappa shape index (κ1) is 12.0. The number of carboxylic acids is 1. The largest absolute Gasteiger partial charge is 0.508 e. The molecule has 1 aromatic rings. The van der Waals surface area contributed by atoms with Crippen molar-refractivity contribution >= 4 is 17.6 Å². The molecule has 86 valence electrons. The van der Waals surface area contributed by atoms with Crippen LogP contribution in [0.15, 0.2) is 18.2 Å². The van der Waals surface area contributed by atoms with Crippen molar-refractivity contribution in [2.24, 2.45) is 5.92 Å². The fraction of sp³-hybridized carbons (Fsp3) is 0.273. The first-order valence-electron chi connectivity index (χ1n) is 4.79. The van der Waals surface area contributed by atoms with Crippen LogP contribution in [0.3, 0.4) is 0 Å². The summed E-state index contributed by atoms with van der Waals surface area (Å²) in [6.07, 6.45) is 0. The quantitative estimate of drug-likeness (QED) is 0.727. The molecule has 0 saturated heterocycles. The zero-order chi connectivity index (χ0) is 12.3. The highest BCUT2D eigenvalue weighted by atomic mass is 16.4. The van der Waals surface area contributed by atoms with Crippen LogP contribution in [0.5, 0.6) is 5.75 Å². The highest BCUT2D eigenvalue weighted by Crippen LogP contribution is 2.22. The summed E-state index contributed by atoms with van der Waals surface area (Å²) in [5.74, 6) is -1.81. The number of hydrogen-bond donors (Lipinski definition) is 3. The van der Waals surface area contributed by atoms with Gasteiger partial charge in [0.15, 0.2) is 0 Å². The molecular weight excluding hydrogens is 210 g/mol. The number of phenolic OH excluding ortho intramolecular Hbond substituents is 1. The Kier molecular flexibility index (Phi) is 3.50. The number of carboxylic acid groups (broad SMARTS) is 1. The molecule has 0 radical (unpaired) electrons. The van der Waals surface area contributed by atoms with Crippen LogP contribution >= 0.6 is 0 Å². The molecule has 3 N–H and O–H groups in total. The maximum Gasteiger partial charge on any atom is 0.337 e. The third kappa shape index (κ3) is 2.73. The van der Waals surface area contributed by atoms with Crippen LogP contribution in [0.25, 0.3) is 0 Å². The number of nitrogens with one attached hydrogen (secondary N) is 1. The van der Waals surface area contributed by atoms with E-state index in [2.05, 4.69) is 5.32 Å². The van der Waals surface area contributed by atoms with Crippen LogP contribution in [0.2, 0.25) is 0 Å². The Morgan fingerprint density at radius 3 is 2.44 bits per heavy atom. The van der Waals surface area contributed by atoms with Gasteiger partial charge in [-0.15, -0.1) is 0 Å². The van der Waals surface area contributed by atoms with E-state index >= 15 is 0 Å². The zero-order valence-electron chi connectivity index (χ0n) is 9.02. The van der Waals surface area contributed by atoms with Crippen molar-refractivity contribution in [1.29, 1.82) is 0 Å². The van der Waals surface area contributed by atoms with Gasteiger partial charge >= 0.3 is 5.97 Å². The average molecular weight is 223 g/mol. The third-order valence-electron chi connectivity index (χ3n) is 2.02. The standard InChI is InChI=1S/C11H13NO4/c1-6(2)10(14)12-9-5-7(13)3-4-8(9)11(15)16/h3-6,13H,1-2H3,(H,12,14)(H,15,16). The molecule has 0 unspecified atom stereocenters. The SMILES string of the molecule is CC(C)C(=O)Nc1cc(O)ccc1C(=O)O. The van der Waals surface area contributed by atoms with Gasteiger partial charge in [0.2, 0.25) is 5.91 Å². The van der Waals surface area contributed by atoms with Crippen LogP contribution in [-0.2, 0) is 4.79 Å². The van der Waals surface area contributed by atoms with E-state index in [1.807, 2.05) is 0 Å². The van der Waals surface area contributed by atoms with Crippen LogP contribution in [-0.4, -0.2) is 22.1 Å². The lowest BCUT2D eigenvalue weighted by atomic mass is 10.1. The Morgan fingerprint density at radius 2 is 1.94 bits per heavy atom. The molecule has 16 heavy (non-hydrogen) atoms. The van der Waals surface area contributed by atoms with E-state index in [0.717, 1.165) is 0 Å². The van der Waals surface area contributed by atoms with Crippen molar-refractivity contribution in [3.8, 4) is 5.75 Å². The molecule has 0 aliphatic carbocycles. The number of phenols is 1. The smallest absolute Gasteiger partial charge is 0.337 e. The number of aromatic hydroxyl groups is 1. The lowest BCUT2D eigenvalue weighted by molar-refractivity contribution is -0.118. The Morgan fingerprint density at radius 1 is 1.31 bits per heavy atom. The Labute approximate surface area is 92.7 Å². The number of carbonyl (C=O) groups excluding carboxylic acids is 1. The molecule has 0 spiro atoms. The lowest BCUT2D eigenvalue weighted by Gasteiger charge is -2.10. The second kappa shape index (κ2) is 4.65. The van der Waals surface area contributed by atoms with E-state index in [-0.39, 0.29) is 28.8 Å². The van der Waals surface area contributed by atoms with Crippen molar-refractivity contribution in [2.45, 2.75) is 13.8 Å². The molecule has 0 aliphatic heterocycles. The van der Waals surface area contributed by atoms with Gasteiger partial charge in [0.1, 0.15) is 5.75 Å². The average Bonchev–Trinajstić information content (AvgIpc) is 2.16. The van der Waals surface area contributed by atoms with Gasteiger partial charge in [-0.3, -0.25) is 4.79 Å². The Balaban J connectivity index is 3.06. The van der Waals surface area contributed by atoms with Crippen LogP contribution < -0.4 is 5.32 Å². The van der Waals surface area contributed by atoms with Gasteiger partial charge in [-0.2, -0.15) is 0 Å². The molecule has 1 amide bonds. The summed E-state index contributed by atoms with van der Waals surface area (Å²) >= 11 is 0. The third-order valence-corrected chi connectivity index (χ3v) is 2.02. The van der Waals surface area contributed by atoms with E-state index in [0.29, 0.717) is 0 Å². The zero-order valence-corrected chi connectivity index (χ0v) is 9.02. The minimum absolute atomic E-state index is 0.0493. The monoisotopic (exact) mass is 223 g/mol.